The number of aryl methyl sites for hydroxylation is 2. The molecule has 0 saturated carbocycles. The number of nitrogens with zero attached hydrogens (tertiary/aromatic N) is 2. The molecule has 100 valence electrons. The standard InChI is InChI=1S/C15H19N3O/c1-11-5-4-6-14(9-11)16-15(19)10-13(3)18-8-7-12(2)17-18/h4-9,13H,10H2,1-3H3,(H,16,19)/t13-/m1/s1. The Morgan fingerprint density at radius 3 is 2.79 bits per heavy atom. The maximum atomic E-state index is 12.0. The van der Waals surface area contributed by atoms with Crippen LogP contribution in [0.25, 0.3) is 0 Å². The lowest BCUT2D eigenvalue weighted by atomic mass is 10.2. The molecule has 1 N–H and O–H groups in total. The summed E-state index contributed by atoms with van der Waals surface area (Å²) in [5.74, 6) is 0.00579. The van der Waals surface area contributed by atoms with E-state index in [0.717, 1.165) is 16.9 Å². The minimum Gasteiger partial charge on any atom is -0.326 e. The van der Waals surface area contributed by atoms with Gasteiger partial charge in [-0.25, -0.2) is 0 Å². The maximum Gasteiger partial charge on any atom is 0.226 e. The van der Waals surface area contributed by atoms with Crippen molar-refractivity contribution in [2.24, 2.45) is 0 Å². The molecule has 1 heterocycles. The molecule has 0 radical (unpaired) electrons. The Balaban J connectivity index is 1.94. The molecule has 1 atom stereocenters. The van der Waals surface area contributed by atoms with E-state index in [1.807, 2.05) is 62.0 Å². The summed E-state index contributed by atoms with van der Waals surface area (Å²) < 4.78 is 1.82. The van der Waals surface area contributed by atoms with E-state index in [9.17, 15) is 4.79 Å². The second-order valence-electron chi connectivity index (χ2n) is 4.91. The highest BCUT2D eigenvalue weighted by atomic mass is 16.1. The molecule has 0 aliphatic rings. The Bertz CT molecular complexity index is 574. The van der Waals surface area contributed by atoms with Gasteiger partial charge in [-0.2, -0.15) is 5.10 Å². The third-order valence-electron chi connectivity index (χ3n) is 2.98. The first-order valence-electron chi connectivity index (χ1n) is 6.43. The second-order valence-corrected chi connectivity index (χ2v) is 4.91. The number of amides is 1. The molecule has 4 nitrogen and oxygen atoms in total. The van der Waals surface area contributed by atoms with Gasteiger partial charge in [0.2, 0.25) is 5.91 Å². The molecule has 4 heteroatoms. The molecule has 0 aliphatic heterocycles. The van der Waals surface area contributed by atoms with E-state index in [-0.39, 0.29) is 11.9 Å². The first kappa shape index (κ1) is 13.3. The lowest BCUT2D eigenvalue weighted by molar-refractivity contribution is -0.116. The zero-order chi connectivity index (χ0) is 13.8. The van der Waals surface area contributed by atoms with Gasteiger partial charge in [0.1, 0.15) is 0 Å². The van der Waals surface area contributed by atoms with E-state index in [4.69, 9.17) is 0 Å². The maximum absolute atomic E-state index is 12.0. The van der Waals surface area contributed by atoms with Crippen LogP contribution in [0.4, 0.5) is 5.69 Å². The SMILES string of the molecule is Cc1cccc(NC(=O)C[C@@H](C)n2ccc(C)n2)c1. The molecular weight excluding hydrogens is 238 g/mol. The summed E-state index contributed by atoms with van der Waals surface area (Å²) in [6.45, 7) is 5.93. The summed E-state index contributed by atoms with van der Waals surface area (Å²) in [6, 6.07) is 9.79. The number of aromatic nitrogens is 2. The predicted molar refractivity (Wildman–Crippen MR) is 76.1 cm³/mol. The van der Waals surface area contributed by atoms with Crippen LogP contribution in [0.5, 0.6) is 0 Å². The normalized spacial score (nSPS) is 12.2. The topological polar surface area (TPSA) is 46.9 Å². The fourth-order valence-electron chi connectivity index (χ4n) is 1.98. The van der Waals surface area contributed by atoms with Crippen LogP contribution < -0.4 is 5.32 Å². The Hall–Kier alpha value is -2.10. The number of carbonyl (C=O) groups excluding carboxylic acids is 1. The van der Waals surface area contributed by atoms with Crippen LogP contribution >= 0.6 is 0 Å². The molecule has 0 fully saturated rings. The number of carbonyl (C=O) groups is 1. The van der Waals surface area contributed by atoms with Crippen LogP contribution in [-0.2, 0) is 4.79 Å². The summed E-state index contributed by atoms with van der Waals surface area (Å²) in [6.07, 6.45) is 2.31. The van der Waals surface area contributed by atoms with Gasteiger partial charge in [0, 0.05) is 18.3 Å². The first-order valence-corrected chi connectivity index (χ1v) is 6.43. The van der Waals surface area contributed by atoms with E-state index in [1.54, 1.807) is 0 Å². The van der Waals surface area contributed by atoms with Crippen molar-refractivity contribution in [3.63, 3.8) is 0 Å². The molecule has 1 amide bonds. The van der Waals surface area contributed by atoms with Crippen molar-refractivity contribution in [2.45, 2.75) is 33.2 Å². The quantitative estimate of drug-likeness (QED) is 0.915. The number of hydrogen-bond acceptors (Lipinski definition) is 2. The summed E-state index contributed by atoms with van der Waals surface area (Å²) in [7, 11) is 0. The number of rotatable bonds is 4. The van der Waals surface area contributed by atoms with E-state index < -0.39 is 0 Å². The highest BCUT2D eigenvalue weighted by Crippen LogP contribution is 2.14. The highest BCUT2D eigenvalue weighted by Gasteiger charge is 2.11. The van der Waals surface area contributed by atoms with Crippen molar-refractivity contribution in [1.29, 1.82) is 0 Å². The monoisotopic (exact) mass is 257 g/mol. The summed E-state index contributed by atoms with van der Waals surface area (Å²) in [4.78, 5) is 12.0. The lowest BCUT2D eigenvalue weighted by Gasteiger charge is -2.12. The second kappa shape index (κ2) is 5.69. The average Bonchev–Trinajstić information content (AvgIpc) is 2.75. The zero-order valence-corrected chi connectivity index (χ0v) is 11.6. The average molecular weight is 257 g/mol. The van der Waals surface area contributed by atoms with Gasteiger partial charge >= 0.3 is 0 Å². The van der Waals surface area contributed by atoms with Crippen LogP contribution in [0, 0.1) is 13.8 Å². The van der Waals surface area contributed by atoms with Crippen molar-refractivity contribution in [1.82, 2.24) is 9.78 Å². The molecule has 0 bridgehead atoms. The van der Waals surface area contributed by atoms with Gasteiger partial charge < -0.3 is 5.32 Å². The van der Waals surface area contributed by atoms with Crippen molar-refractivity contribution >= 4 is 11.6 Å². The van der Waals surface area contributed by atoms with Crippen LogP contribution in [-0.4, -0.2) is 15.7 Å². The largest absolute Gasteiger partial charge is 0.326 e. The summed E-state index contributed by atoms with van der Waals surface area (Å²) in [5.41, 5.74) is 2.94. The molecule has 0 saturated heterocycles. The molecule has 0 spiro atoms. The van der Waals surface area contributed by atoms with Gasteiger partial charge in [0.05, 0.1) is 11.7 Å². The van der Waals surface area contributed by atoms with E-state index in [2.05, 4.69) is 10.4 Å². The molecular formula is C15H19N3O. The lowest BCUT2D eigenvalue weighted by Crippen LogP contribution is -2.18. The highest BCUT2D eigenvalue weighted by molar-refractivity contribution is 5.91. The molecule has 1 aromatic carbocycles. The Kier molecular flexibility index (Phi) is 4.00. The zero-order valence-electron chi connectivity index (χ0n) is 11.6. The third-order valence-corrected chi connectivity index (χ3v) is 2.98. The van der Waals surface area contributed by atoms with Crippen molar-refractivity contribution in [3.8, 4) is 0 Å². The van der Waals surface area contributed by atoms with E-state index in [1.165, 1.54) is 0 Å². The molecule has 19 heavy (non-hydrogen) atoms. The van der Waals surface area contributed by atoms with Gasteiger partial charge in [0.15, 0.2) is 0 Å². The van der Waals surface area contributed by atoms with Crippen LogP contribution in [0.1, 0.15) is 30.6 Å². The van der Waals surface area contributed by atoms with Gasteiger partial charge in [0.25, 0.3) is 0 Å². The minimum absolute atomic E-state index is 0.00579. The number of hydrogen-bond donors (Lipinski definition) is 1. The van der Waals surface area contributed by atoms with Crippen LogP contribution in [0.3, 0.4) is 0 Å². The molecule has 0 unspecified atom stereocenters. The minimum atomic E-state index is 0.00579. The van der Waals surface area contributed by atoms with Crippen molar-refractivity contribution in [2.75, 3.05) is 5.32 Å². The fourth-order valence-corrected chi connectivity index (χ4v) is 1.98. The van der Waals surface area contributed by atoms with E-state index in [0.29, 0.717) is 6.42 Å². The third kappa shape index (κ3) is 3.68. The Morgan fingerprint density at radius 1 is 1.37 bits per heavy atom. The van der Waals surface area contributed by atoms with Crippen molar-refractivity contribution in [3.05, 3.63) is 47.8 Å². The summed E-state index contributed by atoms with van der Waals surface area (Å²) in [5, 5.41) is 7.23. The Morgan fingerprint density at radius 2 is 2.16 bits per heavy atom. The van der Waals surface area contributed by atoms with Gasteiger partial charge in [-0.3, -0.25) is 9.48 Å². The number of anilines is 1. The van der Waals surface area contributed by atoms with Gasteiger partial charge in [-0.05, 0) is 44.5 Å². The fraction of sp³-hybridized carbons (Fsp3) is 0.333. The number of benzene rings is 1. The first-order chi connectivity index (χ1) is 9.04. The number of nitrogens with one attached hydrogen (secondary N) is 1. The smallest absolute Gasteiger partial charge is 0.226 e. The van der Waals surface area contributed by atoms with Gasteiger partial charge in [-0.1, -0.05) is 12.1 Å². The molecule has 2 aromatic rings. The van der Waals surface area contributed by atoms with Crippen molar-refractivity contribution < 1.29 is 4.79 Å². The molecule has 1 aromatic heterocycles. The molecule has 2 rings (SSSR count). The van der Waals surface area contributed by atoms with E-state index >= 15 is 0 Å². The predicted octanol–water partition coefficient (Wildman–Crippen LogP) is 3.09. The van der Waals surface area contributed by atoms with Gasteiger partial charge in [-0.15, -0.1) is 0 Å². The van der Waals surface area contributed by atoms with Crippen LogP contribution in [0.2, 0.25) is 0 Å². The van der Waals surface area contributed by atoms with Crippen LogP contribution in [0.15, 0.2) is 36.5 Å². The molecule has 0 aliphatic carbocycles. The summed E-state index contributed by atoms with van der Waals surface area (Å²) >= 11 is 0. The Labute approximate surface area is 113 Å².